The minimum Gasteiger partial charge on any atom is -0.326 e. The van der Waals surface area contributed by atoms with Gasteiger partial charge in [0.25, 0.3) is 0 Å². The molecule has 0 heterocycles. The third kappa shape index (κ3) is 1.67. The molecule has 0 aliphatic heterocycles. The summed E-state index contributed by atoms with van der Waals surface area (Å²) < 4.78 is 0. The van der Waals surface area contributed by atoms with E-state index in [0.717, 1.165) is 0 Å². The first kappa shape index (κ1) is 9.27. The summed E-state index contributed by atoms with van der Waals surface area (Å²) in [6.07, 6.45) is 0. The summed E-state index contributed by atoms with van der Waals surface area (Å²) in [5.74, 6) is 0.594. The fourth-order valence-electron chi connectivity index (χ4n) is 1.55. The second-order valence-corrected chi connectivity index (χ2v) is 3.49. The number of hydrogen-bond acceptors (Lipinski definition) is 1. The van der Waals surface area contributed by atoms with Crippen LogP contribution < -0.4 is 5.73 Å². The van der Waals surface area contributed by atoms with Crippen molar-refractivity contribution in [1.82, 2.24) is 0 Å². The van der Waals surface area contributed by atoms with Crippen LogP contribution in [0.2, 0.25) is 0 Å². The summed E-state index contributed by atoms with van der Waals surface area (Å²) in [4.78, 5) is 0. The van der Waals surface area contributed by atoms with E-state index in [1.165, 1.54) is 16.7 Å². The first-order valence-corrected chi connectivity index (χ1v) is 4.45. The molecule has 1 aromatic carbocycles. The highest BCUT2D eigenvalue weighted by Gasteiger charge is 2.04. The molecular formula is C11H17N. The Bertz CT molecular complexity index is 264. The molecule has 1 nitrogen and oxygen atoms in total. The summed E-state index contributed by atoms with van der Waals surface area (Å²) in [5.41, 5.74) is 9.66. The van der Waals surface area contributed by atoms with Crippen molar-refractivity contribution in [3.8, 4) is 0 Å². The van der Waals surface area contributed by atoms with Crippen LogP contribution in [0.15, 0.2) is 18.2 Å². The standard InChI is InChI=1S/C11H17N/c1-8(2)11-6-4-5-10(7-12)9(11)3/h4-6,8H,7,12H2,1-3H3. The summed E-state index contributed by atoms with van der Waals surface area (Å²) in [5, 5.41) is 0. The molecule has 0 saturated carbocycles. The van der Waals surface area contributed by atoms with Crippen molar-refractivity contribution < 1.29 is 0 Å². The average Bonchev–Trinajstić information content (AvgIpc) is 2.04. The number of rotatable bonds is 2. The molecule has 0 bridgehead atoms. The zero-order chi connectivity index (χ0) is 9.14. The number of nitrogens with two attached hydrogens (primary N) is 1. The van der Waals surface area contributed by atoms with Crippen LogP contribution in [0.3, 0.4) is 0 Å². The number of hydrogen-bond donors (Lipinski definition) is 1. The minimum absolute atomic E-state index is 0.594. The molecule has 0 amide bonds. The highest BCUT2D eigenvalue weighted by Crippen LogP contribution is 2.21. The summed E-state index contributed by atoms with van der Waals surface area (Å²) in [6, 6.07) is 6.37. The normalized spacial score (nSPS) is 10.8. The lowest BCUT2D eigenvalue weighted by molar-refractivity contribution is 0.848. The largest absolute Gasteiger partial charge is 0.326 e. The molecule has 1 rings (SSSR count). The second-order valence-electron chi connectivity index (χ2n) is 3.49. The maximum absolute atomic E-state index is 5.62. The van der Waals surface area contributed by atoms with E-state index in [2.05, 4.69) is 39.0 Å². The molecule has 0 unspecified atom stereocenters. The van der Waals surface area contributed by atoms with Crippen molar-refractivity contribution in [2.75, 3.05) is 0 Å². The van der Waals surface area contributed by atoms with Crippen LogP contribution in [0.1, 0.15) is 36.5 Å². The predicted molar refractivity (Wildman–Crippen MR) is 53.2 cm³/mol. The highest BCUT2D eigenvalue weighted by molar-refractivity contribution is 5.35. The first-order valence-electron chi connectivity index (χ1n) is 4.45. The fraction of sp³-hybridized carbons (Fsp3) is 0.455. The molecule has 12 heavy (non-hydrogen) atoms. The Morgan fingerprint density at radius 1 is 1.33 bits per heavy atom. The molecular weight excluding hydrogens is 146 g/mol. The molecule has 1 heteroatoms. The molecule has 2 N–H and O–H groups in total. The maximum atomic E-state index is 5.62. The molecule has 0 aromatic heterocycles. The molecule has 0 fully saturated rings. The lowest BCUT2D eigenvalue weighted by Crippen LogP contribution is -2.02. The van der Waals surface area contributed by atoms with Crippen molar-refractivity contribution in [2.24, 2.45) is 5.73 Å². The second kappa shape index (κ2) is 3.72. The van der Waals surface area contributed by atoms with E-state index >= 15 is 0 Å². The van der Waals surface area contributed by atoms with Crippen LogP contribution in [-0.2, 0) is 6.54 Å². The van der Waals surface area contributed by atoms with Crippen molar-refractivity contribution in [2.45, 2.75) is 33.2 Å². The smallest absolute Gasteiger partial charge is 0.0180 e. The van der Waals surface area contributed by atoms with Gasteiger partial charge in [-0.15, -0.1) is 0 Å². The van der Waals surface area contributed by atoms with Crippen LogP contribution in [0.4, 0.5) is 0 Å². The van der Waals surface area contributed by atoms with Gasteiger partial charge in [-0.05, 0) is 29.5 Å². The van der Waals surface area contributed by atoms with Gasteiger partial charge in [0.1, 0.15) is 0 Å². The quantitative estimate of drug-likeness (QED) is 0.712. The fourth-order valence-corrected chi connectivity index (χ4v) is 1.55. The summed E-state index contributed by atoms with van der Waals surface area (Å²) in [7, 11) is 0. The Kier molecular flexibility index (Phi) is 2.88. The van der Waals surface area contributed by atoms with Gasteiger partial charge in [-0.3, -0.25) is 0 Å². The van der Waals surface area contributed by atoms with Crippen molar-refractivity contribution in [3.05, 3.63) is 34.9 Å². The predicted octanol–water partition coefficient (Wildman–Crippen LogP) is 2.58. The van der Waals surface area contributed by atoms with Gasteiger partial charge >= 0.3 is 0 Å². The van der Waals surface area contributed by atoms with Crippen LogP contribution in [0, 0.1) is 6.92 Å². The van der Waals surface area contributed by atoms with Crippen molar-refractivity contribution >= 4 is 0 Å². The van der Waals surface area contributed by atoms with E-state index in [1.54, 1.807) is 0 Å². The van der Waals surface area contributed by atoms with Gasteiger partial charge in [-0.2, -0.15) is 0 Å². The van der Waals surface area contributed by atoms with Gasteiger partial charge in [0.2, 0.25) is 0 Å². The van der Waals surface area contributed by atoms with Crippen LogP contribution in [0.5, 0.6) is 0 Å². The van der Waals surface area contributed by atoms with Crippen molar-refractivity contribution in [1.29, 1.82) is 0 Å². The topological polar surface area (TPSA) is 26.0 Å². The summed E-state index contributed by atoms with van der Waals surface area (Å²) in [6.45, 7) is 7.22. The van der Waals surface area contributed by atoms with Gasteiger partial charge in [-0.1, -0.05) is 32.0 Å². The van der Waals surface area contributed by atoms with Gasteiger partial charge in [-0.25, -0.2) is 0 Å². The van der Waals surface area contributed by atoms with E-state index in [4.69, 9.17) is 5.73 Å². The van der Waals surface area contributed by atoms with Gasteiger partial charge < -0.3 is 5.73 Å². The Morgan fingerprint density at radius 2 is 2.00 bits per heavy atom. The van der Waals surface area contributed by atoms with E-state index < -0.39 is 0 Å². The minimum atomic E-state index is 0.594. The highest BCUT2D eigenvalue weighted by atomic mass is 14.5. The van der Waals surface area contributed by atoms with Crippen LogP contribution in [-0.4, -0.2) is 0 Å². The zero-order valence-corrected chi connectivity index (χ0v) is 8.09. The summed E-state index contributed by atoms with van der Waals surface area (Å²) >= 11 is 0. The third-order valence-electron chi connectivity index (χ3n) is 2.33. The van der Waals surface area contributed by atoms with Gasteiger partial charge in [0, 0.05) is 6.54 Å². The van der Waals surface area contributed by atoms with E-state index in [-0.39, 0.29) is 0 Å². The van der Waals surface area contributed by atoms with E-state index in [0.29, 0.717) is 12.5 Å². The zero-order valence-electron chi connectivity index (χ0n) is 8.09. The van der Waals surface area contributed by atoms with Gasteiger partial charge in [0.05, 0.1) is 0 Å². The molecule has 0 atom stereocenters. The lowest BCUT2D eigenvalue weighted by Gasteiger charge is -2.12. The van der Waals surface area contributed by atoms with E-state index in [1.807, 2.05) is 0 Å². The van der Waals surface area contributed by atoms with Crippen LogP contribution in [0.25, 0.3) is 0 Å². The molecule has 0 saturated heterocycles. The average molecular weight is 163 g/mol. The lowest BCUT2D eigenvalue weighted by atomic mass is 9.94. The Hall–Kier alpha value is -0.820. The SMILES string of the molecule is Cc1c(CN)cccc1C(C)C. The molecule has 0 aliphatic rings. The Balaban J connectivity index is 3.14. The molecule has 0 spiro atoms. The van der Waals surface area contributed by atoms with Crippen LogP contribution >= 0.6 is 0 Å². The number of benzene rings is 1. The molecule has 0 aliphatic carbocycles. The maximum Gasteiger partial charge on any atom is 0.0180 e. The molecule has 1 aromatic rings. The van der Waals surface area contributed by atoms with E-state index in [9.17, 15) is 0 Å². The Morgan fingerprint density at radius 3 is 2.50 bits per heavy atom. The third-order valence-corrected chi connectivity index (χ3v) is 2.33. The first-order chi connectivity index (χ1) is 5.66. The van der Waals surface area contributed by atoms with Gasteiger partial charge in [0.15, 0.2) is 0 Å². The monoisotopic (exact) mass is 163 g/mol. The Labute approximate surface area is 74.6 Å². The van der Waals surface area contributed by atoms with Crippen molar-refractivity contribution in [3.63, 3.8) is 0 Å². The molecule has 0 radical (unpaired) electrons. The molecule has 66 valence electrons.